The molecule has 98 valence electrons. The molecule has 2 aromatic rings. The fraction of sp³-hybridized carbons (Fsp3) is 0.333. The number of carbonyl (C=O) groups is 1. The summed E-state index contributed by atoms with van der Waals surface area (Å²) in [5.74, 6) is 0.844. The smallest absolute Gasteiger partial charge is 0.168 e. The standard InChI is InChI=1S/C15H17N3O/c1-9-5-3-6-11(10(9)2)16-15-14-12(17-18-15)7-4-8-13(14)19/h3,5-6H,4,7-8H2,1-2H3,(H2,16,17,18). The molecule has 4 heteroatoms. The molecule has 0 amide bonds. The van der Waals surface area contributed by atoms with E-state index >= 15 is 0 Å². The Labute approximate surface area is 112 Å². The van der Waals surface area contributed by atoms with Gasteiger partial charge in [0.15, 0.2) is 11.6 Å². The van der Waals surface area contributed by atoms with Gasteiger partial charge in [-0.2, -0.15) is 5.10 Å². The van der Waals surface area contributed by atoms with Gasteiger partial charge < -0.3 is 5.32 Å². The number of hydrogen-bond donors (Lipinski definition) is 2. The molecule has 1 aromatic carbocycles. The summed E-state index contributed by atoms with van der Waals surface area (Å²) in [4.78, 5) is 12.0. The van der Waals surface area contributed by atoms with Crippen LogP contribution in [0.3, 0.4) is 0 Å². The highest BCUT2D eigenvalue weighted by molar-refractivity contribution is 6.03. The number of fused-ring (bicyclic) bond motifs is 1. The van der Waals surface area contributed by atoms with Gasteiger partial charge in [-0.25, -0.2) is 0 Å². The van der Waals surface area contributed by atoms with E-state index in [0.717, 1.165) is 29.8 Å². The average Bonchev–Trinajstić information content (AvgIpc) is 2.80. The fourth-order valence-corrected chi connectivity index (χ4v) is 2.51. The lowest BCUT2D eigenvalue weighted by Gasteiger charge is -2.13. The highest BCUT2D eigenvalue weighted by Gasteiger charge is 2.24. The van der Waals surface area contributed by atoms with E-state index in [1.54, 1.807) is 0 Å². The molecule has 1 aliphatic rings. The molecular formula is C15H17N3O. The number of hydrogen-bond acceptors (Lipinski definition) is 3. The quantitative estimate of drug-likeness (QED) is 0.865. The van der Waals surface area contributed by atoms with Crippen molar-refractivity contribution in [1.29, 1.82) is 0 Å². The number of nitrogens with zero attached hydrogens (tertiary/aromatic N) is 1. The molecule has 0 fully saturated rings. The monoisotopic (exact) mass is 255 g/mol. The normalized spacial score (nSPS) is 14.3. The molecule has 0 spiro atoms. The van der Waals surface area contributed by atoms with Crippen LogP contribution in [0.2, 0.25) is 0 Å². The largest absolute Gasteiger partial charge is 0.338 e. The Morgan fingerprint density at radius 2 is 2.11 bits per heavy atom. The number of aromatic amines is 1. The molecule has 2 N–H and O–H groups in total. The van der Waals surface area contributed by atoms with E-state index in [-0.39, 0.29) is 5.78 Å². The van der Waals surface area contributed by atoms with E-state index in [4.69, 9.17) is 0 Å². The van der Waals surface area contributed by atoms with Gasteiger partial charge >= 0.3 is 0 Å². The van der Waals surface area contributed by atoms with E-state index in [1.165, 1.54) is 11.1 Å². The molecule has 0 saturated heterocycles. The van der Waals surface area contributed by atoms with Crippen molar-refractivity contribution in [3.63, 3.8) is 0 Å². The third-order valence-electron chi connectivity index (χ3n) is 3.81. The first-order chi connectivity index (χ1) is 9.16. The van der Waals surface area contributed by atoms with Crippen LogP contribution in [0.4, 0.5) is 11.5 Å². The molecule has 0 unspecified atom stereocenters. The predicted molar refractivity (Wildman–Crippen MR) is 75.1 cm³/mol. The number of aryl methyl sites for hydroxylation is 2. The van der Waals surface area contributed by atoms with Gasteiger partial charge in [0.05, 0.1) is 5.56 Å². The topological polar surface area (TPSA) is 57.8 Å². The van der Waals surface area contributed by atoms with Gasteiger partial charge in [-0.1, -0.05) is 12.1 Å². The van der Waals surface area contributed by atoms with E-state index < -0.39 is 0 Å². The number of rotatable bonds is 2. The number of benzene rings is 1. The Bertz CT molecular complexity index is 643. The van der Waals surface area contributed by atoms with Crippen molar-refractivity contribution < 1.29 is 4.79 Å². The molecule has 1 aromatic heterocycles. The van der Waals surface area contributed by atoms with Crippen molar-refractivity contribution in [2.45, 2.75) is 33.1 Å². The van der Waals surface area contributed by atoms with Crippen LogP contribution in [0.15, 0.2) is 18.2 Å². The molecule has 1 heterocycles. The highest BCUT2D eigenvalue weighted by atomic mass is 16.1. The van der Waals surface area contributed by atoms with Crippen LogP contribution < -0.4 is 5.32 Å². The van der Waals surface area contributed by atoms with E-state index in [2.05, 4.69) is 35.4 Å². The van der Waals surface area contributed by atoms with Crippen LogP contribution in [0.1, 0.15) is 40.0 Å². The maximum absolute atomic E-state index is 12.0. The minimum Gasteiger partial charge on any atom is -0.338 e. The van der Waals surface area contributed by atoms with Crippen molar-refractivity contribution >= 4 is 17.3 Å². The molecule has 1 aliphatic carbocycles. The Balaban J connectivity index is 1.98. The zero-order chi connectivity index (χ0) is 13.4. The zero-order valence-electron chi connectivity index (χ0n) is 11.2. The summed E-state index contributed by atoms with van der Waals surface area (Å²) >= 11 is 0. The van der Waals surface area contributed by atoms with Gasteiger partial charge in [-0.05, 0) is 43.9 Å². The van der Waals surface area contributed by atoms with Crippen LogP contribution in [0.5, 0.6) is 0 Å². The van der Waals surface area contributed by atoms with E-state index in [9.17, 15) is 4.79 Å². The number of aromatic nitrogens is 2. The SMILES string of the molecule is Cc1cccc(Nc2n[nH]c3c2C(=O)CCC3)c1C. The van der Waals surface area contributed by atoms with Crippen molar-refractivity contribution in [3.8, 4) is 0 Å². The van der Waals surface area contributed by atoms with Crippen LogP contribution in [-0.2, 0) is 6.42 Å². The summed E-state index contributed by atoms with van der Waals surface area (Å²) in [5, 5.41) is 10.5. The minimum absolute atomic E-state index is 0.183. The summed E-state index contributed by atoms with van der Waals surface area (Å²) in [6.07, 6.45) is 2.44. The Kier molecular flexibility index (Phi) is 2.85. The molecule has 0 atom stereocenters. The van der Waals surface area contributed by atoms with Crippen molar-refractivity contribution in [2.24, 2.45) is 0 Å². The first kappa shape index (κ1) is 12.0. The molecule has 19 heavy (non-hydrogen) atoms. The third kappa shape index (κ3) is 2.03. The first-order valence-corrected chi connectivity index (χ1v) is 6.60. The van der Waals surface area contributed by atoms with Gasteiger partial charge in [-0.3, -0.25) is 9.89 Å². The summed E-state index contributed by atoms with van der Waals surface area (Å²) < 4.78 is 0. The van der Waals surface area contributed by atoms with Gasteiger partial charge in [0.2, 0.25) is 0 Å². The number of ketones is 1. The maximum atomic E-state index is 12.0. The van der Waals surface area contributed by atoms with Crippen LogP contribution in [0, 0.1) is 13.8 Å². The Morgan fingerprint density at radius 3 is 2.95 bits per heavy atom. The second-order valence-corrected chi connectivity index (χ2v) is 5.07. The predicted octanol–water partition coefficient (Wildman–Crippen LogP) is 3.29. The molecule has 3 rings (SSSR count). The second kappa shape index (κ2) is 4.53. The third-order valence-corrected chi connectivity index (χ3v) is 3.81. The summed E-state index contributed by atoms with van der Waals surface area (Å²) in [6, 6.07) is 6.09. The number of H-pyrrole nitrogens is 1. The first-order valence-electron chi connectivity index (χ1n) is 6.60. The lowest BCUT2D eigenvalue weighted by Crippen LogP contribution is -2.11. The van der Waals surface area contributed by atoms with Crippen LogP contribution in [0.25, 0.3) is 0 Å². The lowest BCUT2D eigenvalue weighted by molar-refractivity contribution is 0.0973. The number of Topliss-reactive ketones (excluding diaryl/α,β-unsaturated/α-hetero) is 1. The van der Waals surface area contributed by atoms with Gasteiger partial charge in [0, 0.05) is 17.8 Å². The van der Waals surface area contributed by atoms with Gasteiger partial charge in [-0.15, -0.1) is 0 Å². The van der Waals surface area contributed by atoms with Crippen LogP contribution in [-0.4, -0.2) is 16.0 Å². The Morgan fingerprint density at radius 1 is 1.26 bits per heavy atom. The second-order valence-electron chi connectivity index (χ2n) is 5.07. The highest BCUT2D eigenvalue weighted by Crippen LogP contribution is 2.29. The number of carbonyl (C=O) groups excluding carboxylic acids is 1. The molecule has 0 bridgehead atoms. The fourth-order valence-electron chi connectivity index (χ4n) is 2.51. The maximum Gasteiger partial charge on any atom is 0.168 e. The molecule has 4 nitrogen and oxygen atoms in total. The van der Waals surface area contributed by atoms with Gasteiger partial charge in [0.25, 0.3) is 0 Å². The summed E-state index contributed by atoms with van der Waals surface area (Å²) in [6.45, 7) is 4.14. The van der Waals surface area contributed by atoms with Crippen LogP contribution >= 0.6 is 0 Å². The lowest BCUT2D eigenvalue weighted by atomic mass is 9.96. The summed E-state index contributed by atoms with van der Waals surface area (Å²) in [5.41, 5.74) is 5.12. The minimum atomic E-state index is 0.183. The summed E-state index contributed by atoms with van der Waals surface area (Å²) in [7, 11) is 0. The van der Waals surface area contributed by atoms with E-state index in [0.29, 0.717) is 12.2 Å². The Hall–Kier alpha value is -2.10. The van der Waals surface area contributed by atoms with Crippen molar-refractivity contribution in [3.05, 3.63) is 40.6 Å². The molecule has 0 saturated carbocycles. The number of nitrogens with one attached hydrogen (secondary N) is 2. The van der Waals surface area contributed by atoms with Crippen molar-refractivity contribution in [1.82, 2.24) is 10.2 Å². The average molecular weight is 255 g/mol. The molecule has 0 radical (unpaired) electrons. The van der Waals surface area contributed by atoms with Crippen molar-refractivity contribution in [2.75, 3.05) is 5.32 Å². The molecular weight excluding hydrogens is 238 g/mol. The van der Waals surface area contributed by atoms with E-state index in [1.807, 2.05) is 12.1 Å². The molecule has 0 aliphatic heterocycles. The zero-order valence-corrected chi connectivity index (χ0v) is 11.2. The number of anilines is 2. The van der Waals surface area contributed by atoms with Gasteiger partial charge in [0.1, 0.15) is 0 Å².